The topological polar surface area (TPSA) is 59.5 Å². The first-order valence-corrected chi connectivity index (χ1v) is 8.78. The number of hydrogen-bond acceptors (Lipinski definition) is 4. The van der Waals surface area contributed by atoms with Gasteiger partial charge in [-0.15, -0.1) is 23.2 Å². The number of halogens is 3. The number of nitrogens with zero attached hydrogens (tertiary/aromatic N) is 2. The van der Waals surface area contributed by atoms with Crippen molar-refractivity contribution in [2.45, 2.75) is 30.1 Å². The molecule has 3 rings (SSSR count). The van der Waals surface area contributed by atoms with Gasteiger partial charge in [-0.3, -0.25) is 14.7 Å². The Labute approximate surface area is 154 Å². The van der Waals surface area contributed by atoms with E-state index in [2.05, 4.69) is 4.98 Å². The molecule has 128 valence electrons. The fourth-order valence-electron chi connectivity index (χ4n) is 2.71. The smallest absolute Gasteiger partial charge is 0.337 e. The number of esters is 1. The van der Waals surface area contributed by atoms with Crippen LogP contribution in [0.1, 0.15) is 29.9 Å². The quantitative estimate of drug-likeness (QED) is 0.452. The lowest BCUT2D eigenvalue weighted by molar-refractivity contribution is -0.140. The Kier molecular flexibility index (Phi) is 4.78. The van der Waals surface area contributed by atoms with Crippen molar-refractivity contribution in [1.29, 1.82) is 0 Å². The maximum atomic E-state index is 12.6. The number of rotatable bonds is 3. The zero-order chi connectivity index (χ0) is 17.6. The average molecular weight is 390 g/mol. The van der Waals surface area contributed by atoms with Crippen LogP contribution in [0.4, 0.5) is 0 Å². The molecular weight excluding hydrogens is 375 g/mol. The third kappa shape index (κ3) is 2.68. The summed E-state index contributed by atoms with van der Waals surface area (Å²) < 4.78 is 5.31. The second kappa shape index (κ2) is 6.54. The van der Waals surface area contributed by atoms with Crippen LogP contribution >= 0.6 is 34.8 Å². The van der Waals surface area contributed by atoms with E-state index in [-0.39, 0.29) is 24.0 Å². The Hall–Kier alpha value is -1.30. The molecule has 2 aliphatic heterocycles. The summed E-state index contributed by atoms with van der Waals surface area (Å²) in [5.41, 5.74) is 0.273. The normalized spacial score (nSPS) is 25.8. The monoisotopic (exact) mass is 388 g/mol. The third-order valence-electron chi connectivity index (χ3n) is 3.81. The Balaban J connectivity index is 2.15. The summed E-state index contributed by atoms with van der Waals surface area (Å²) in [4.78, 5) is 30.7. The number of ether oxygens (including phenoxy) is 1. The van der Waals surface area contributed by atoms with Gasteiger partial charge in [-0.1, -0.05) is 25.4 Å². The highest BCUT2D eigenvalue weighted by atomic mass is 35.5. The van der Waals surface area contributed by atoms with Crippen molar-refractivity contribution < 1.29 is 14.3 Å². The van der Waals surface area contributed by atoms with Gasteiger partial charge in [0.1, 0.15) is 11.2 Å². The first kappa shape index (κ1) is 17.5. The van der Waals surface area contributed by atoms with Crippen molar-refractivity contribution in [2.24, 2.45) is 5.92 Å². The molecule has 8 heteroatoms. The fraction of sp³-hybridized carbons (Fsp3) is 0.438. The molecular formula is C16H15Cl3N2O3. The molecule has 0 N–H and O–H groups in total. The zero-order valence-corrected chi connectivity index (χ0v) is 15.3. The second-order valence-electron chi connectivity index (χ2n) is 6.05. The summed E-state index contributed by atoms with van der Waals surface area (Å²) in [6.07, 6.45) is 1.54. The summed E-state index contributed by atoms with van der Waals surface area (Å²) in [5, 5.41) is -1.72. The number of fused-ring (bicyclic) bond motifs is 3. The first-order valence-electron chi connectivity index (χ1n) is 7.47. The molecule has 0 aliphatic carbocycles. The van der Waals surface area contributed by atoms with Crippen LogP contribution in [0, 0.1) is 5.92 Å². The molecule has 5 nitrogen and oxygen atoms in total. The minimum absolute atomic E-state index is 0.125. The number of hydrogen-bond donors (Lipinski definition) is 0. The number of carbonyl (C=O) groups excluding carboxylic acids is 2. The SMILES string of the molecule is CC(C)COC(=O)C1=C2c3ncccc3C(=O)N2[C@H](Cl)[C@H](Cl)[C@H]1Cl. The molecule has 24 heavy (non-hydrogen) atoms. The van der Waals surface area contributed by atoms with Gasteiger partial charge in [-0.05, 0) is 18.1 Å². The molecule has 0 fully saturated rings. The van der Waals surface area contributed by atoms with Crippen LogP contribution in [0.3, 0.4) is 0 Å². The van der Waals surface area contributed by atoms with Gasteiger partial charge in [-0.2, -0.15) is 0 Å². The van der Waals surface area contributed by atoms with Gasteiger partial charge in [0.2, 0.25) is 0 Å². The minimum Gasteiger partial charge on any atom is -0.462 e. The Morgan fingerprint density at radius 3 is 2.75 bits per heavy atom. The highest BCUT2D eigenvalue weighted by molar-refractivity contribution is 6.39. The minimum atomic E-state index is -0.888. The lowest BCUT2D eigenvalue weighted by atomic mass is 10.0. The Morgan fingerprint density at radius 1 is 1.38 bits per heavy atom. The lowest BCUT2D eigenvalue weighted by Gasteiger charge is -2.36. The van der Waals surface area contributed by atoms with Crippen LogP contribution in [-0.4, -0.2) is 44.6 Å². The molecule has 1 aromatic rings. The molecule has 0 saturated heterocycles. The Morgan fingerprint density at radius 2 is 2.08 bits per heavy atom. The first-order chi connectivity index (χ1) is 11.3. The number of aromatic nitrogens is 1. The van der Waals surface area contributed by atoms with Gasteiger partial charge in [0, 0.05) is 6.20 Å². The van der Waals surface area contributed by atoms with E-state index in [1.165, 1.54) is 4.90 Å². The van der Waals surface area contributed by atoms with Crippen LogP contribution in [0.5, 0.6) is 0 Å². The van der Waals surface area contributed by atoms with Gasteiger partial charge in [0.25, 0.3) is 5.91 Å². The zero-order valence-electron chi connectivity index (χ0n) is 13.0. The van der Waals surface area contributed by atoms with Crippen molar-refractivity contribution in [3.8, 4) is 0 Å². The van der Waals surface area contributed by atoms with Crippen LogP contribution in [0.2, 0.25) is 0 Å². The molecule has 3 heterocycles. The summed E-state index contributed by atoms with van der Waals surface area (Å²) >= 11 is 19.0. The number of amides is 1. The summed E-state index contributed by atoms with van der Waals surface area (Å²) in [5.74, 6) is -0.795. The highest BCUT2D eigenvalue weighted by Gasteiger charge is 2.50. The molecule has 0 aromatic carbocycles. The van der Waals surface area contributed by atoms with E-state index in [1.54, 1.807) is 18.3 Å². The van der Waals surface area contributed by atoms with E-state index < -0.39 is 22.2 Å². The summed E-state index contributed by atoms with van der Waals surface area (Å²) in [7, 11) is 0. The van der Waals surface area contributed by atoms with Crippen molar-refractivity contribution in [3.63, 3.8) is 0 Å². The van der Waals surface area contributed by atoms with Gasteiger partial charge >= 0.3 is 5.97 Å². The Bertz CT molecular complexity index is 735. The van der Waals surface area contributed by atoms with Crippen molar-refractivity contribution in [3.05, 3.63) is 35.2 Å². The molecule has 1 aromatic heterocycles. The molecule has 0 bridgehead atoms. The maximum absolute atomic E-state index is 12.6. The van der Waals surface area contributed by atoms with E-state index in [0.717, 1.165) is 0 Å². The number of alkyl halides is 3. The third-order valence-corrected chi connectivity index (χ3v) is 5.51. The predicted molar refractivity (Wildman–Crippen MR) is 92.0 cm³/mol. The van der Waals surface area contributed by atoms with Crippen LogP contribution < -0.4 is 0 Å². The van der Waals surface area contributed by atoms with Gasteiger partial charge < -0.3 is 4.74 Å². The van der Waals surface area contributed by atoms with E-state index in [1.807, 2.05) is 13.8 Å². The van der Waals surface area contributed by atoms with Gasteiger partial charge in [0.05, 0.1) is 34.2 Å². The fourth-order valence-corrected chi connectivity index (χ4v) is 3.68. The van der Waals surface area contributed by atoms with Crippen molar-refractivity contribution >= 4 is 52.4 Å². The lowest BCUT2D eigenvalue weighted by Crippen LogP contribution is -2.47. The molecule has 0 radical (unpaired) electrons. The predicted octanol–water partition coefficient (Wildman–Crippen LogP) is 3.24. The molecule has 2 aliphatic rings. The highest BCUT2D eigenvalue weighted by Crippen LogP contribution is 2.45. The second-order valence-corrected chi connectivity index (χ2v) is 7.47. The number of pyridine rings is 1. The van der Waals surface area contributed by atoms with Crippen molar-refractivity contribution in [2.75, 3.05) is 6.61 Å². The van der Waals surface area contributed by atoms with E-state index in [4.69, 9.17) is 39.5 Å². The molecule has 0 saturated carbocycles. The van der Waals surface area contributed by atoms with Gasteiger partial charge in [-0.25, -0.2) is 4.79 Å². The van der Waals surface area contributed by atoms with E-state index in [0.29, 0.717) is 17.0 Å². The van der Waals surface area contributed by atoms with E-state index in [9.17, 15) is 9.59 Å². The average Bonchev–Trinajstić information content (AvgIpc) is 2.84. The van der Waals surface area contributed by atoms with Crippen LogP contribution in [0.25, 0.3) is 5.70 Å². The molecule has 0 unspecified atom stereocenters. The van der Waals surface area contributed by atoms with Gasteiger partial charge in [0.15, 0.2) is 0 Å². The van der Waals surface area contributed by atoms with Crippen LogP contribution in [0.15, 0.2) is 23.9 Å². The maximum Gasteiger partial charge on any atom is 0.337 e. The number of carbonyl (C=O) groups is 2. The van der Waals surface area contributed by atoms with Crippen molar-refractivity contribution in [1.82, 2.24) is 9.88 Å². The molecule has 0 spiro atoms. The van der Waals surface area contributed by atoms with Crippen LogP contribution in [-0.2, 0) is 9.53 Å². The summed E-state index contributed by atoms with van der Waals surface area (Å²) in [6.45, 7) is 4.08. The molecule has 3 atom stereocenters. The molecule has 1 amide bonds. The summed E-state index contributed by atoms with van der Waals surface area (Å²) in [6, 6.07) is 3.27. The largest absolute Gasteiger partial charge is 0.462 e. The standard InChI is InChI=1S/C16H15Cl3N2O3/c1-7(2)6-24-16(23)9-10(17)11(18)14(19)21-13(9)12-8(15(21)22)4-3-5-20-12/h3-5,7,10-11,14H,6H2,1-2H3/t10-,11+,14-/m0/s1. The van der Waals surface area contributed by atoms with E-state index >= 15 is 0 Å².